The summed E-state index contributed by atoms with van der Waals surface area (Å²) in [5.74, 6) is 5.58. The van der Waals surface area contributed by atoms with Crippen molar-refractivity contribution in [3.05, 3.63) is 11.6 Å². The Morgan fingerprint density at radius 2 is 2.12 bits per heavy atom. The van der Waals surface area contributed by atoms with E-state index >= 15 is 0 Å². The highest BCUT2D eigenvalue weighted by Gasteiger charge is 2.75. The van der Waals surface area contributed by atoms with Crippen molar-refractivity contribution in [2.24, 2.45) is 40.9 Å². The molecule has 0 amide bonds. The Labute approximate surface area is 102 Å². The van der Waals surface area contributed by atoms with E-state index in [2.05, 4.69) is 6.08 Å². The second kappa shape index (κ2) is 2.78. The summed E-state index contributed by atoms with van der Waals surface area (Å²) >= 11 is 0. The predicted octanol–water partition coefficient (Wildman–Crippen LogP) is 2.64. The predicted molar refractivity (Wildman–Crippen MR) is 64.1 cm³/mol. The highest BCUT2D eigenvalue weighted by Crippen LogP contribution is 2.80. The molecule has 2 nitrogen and oxygen atoms in total. The zero-order chi connectivity index (χ0) is 11.9. The Morgan fingerprint density at radius 1 is 1.35 bits per heavy atom. The van der Waals surface area contributed by atoms with Crippen molar-refractivity contribution >= 4 is 5.97 Å². The Kier molecular flexibility index (Phi) is 1.66. The molecule has 4 saturated carbocycles. The second-order valence-electron chi connectivity index (χ2n) is 7.39. The molecule has 0 heterocycles. The molecule has 0 aromatic rings. The number of hydrogen-bond donors (Lipinski definition) is 0. The lowest BCUT2D eigenvalue weighted by Gasteiger charge is -2.19. The highest BCUT2D eigenvalue weighted by atomic mass is 16.5. The van der Waals surface area contributed by atoms with E-state index in [0.717, 1.165) is 35.5 Å². The molecule has 92 valence electrons. The zero-order valence-corrected chi connectivity index (χ0v) is 10.8. The fourth-order valence-corrected chi connectivity index (χ4v) is 4.84. The minimum atomic E-state index is -0.373. The van der Waals surface area contributed by atoms with Gasteiger partial charge < -0.3 is 4.74 Å². The van der Waals surface area contributed by atoms with Crippen molar-refractivity contribution in [1.29, 1.82) is 0 Å². The van der Waals surface area contributed by atoms with Crippen molar-refractivity contribution in [2.75, 3.05) is 6.61 Å². The minimum absolute atomic E-state index is 0.0686. The molecule has 17 heavy (non-hydrogen) atoms. The van der Waals surface area contributed by atoms with Crippen LogP contribution < -0.4 is 0 Å². The number of carbonyl (C=O) groups excluding carboxylic acids is 1. The van der Waals surface area contributed by atoms with Crippen LogP contribution in [0.4, 0.5) is 0 Å². The van der Waals surface area contributed by atoms with Crippen LogP contribution in [0, 0.1) is 40.9 Å². The van der Waals surface area contributed by atoms with Crippen molar-refractivity contribution in [3.63, 3.8) is 0 Å². The molecule has 0 saturated heterocycles. The van der Waals surface area contributed by atoms with Gasteiger partial charge in [0.2, 0.25) is 0 Å². The summed E-state index contributed by atoms with van der Waals surface area (Å²) in [5.41, 5.74) is 1.07. The summed E-state index contributed by atoms with van der Waals surface area (Å²) in [4.78, 5) is 11.8. The normalized spacial score (nSPS) is 48.3. The van der Waals surface area contributed by atoms with Crippen LogP contribution in [0.25, 0.3) is 0 Å². The van der Waals surface area contributed by atoms with E-state index in [9.17, 15) is 4.79 Å². The van der Waals surface area contributed by atoms with Crippen LogP contribution in [-0.4, -0.2) is 12.6 Å². The van der Waals surface area contributed by atoms with Crippen molar-refractivity contribution < 1.29 is 9.53 Å². The number of carbonyl (C=O) groups is 1. The third-order valence-electron chi connectivity index (χ3n) is 5.47. The third-order valence-corrected chi connectivity index (χ3v) is 5.47. The van der Waals surface area contributed by atoms with Crippen LogP contribution in [-0.2, 0) is 9.53 Å². The molecule has 0 N–H and O–H groups in total. The average Bonchev–Trinajstić information content (AvgIpc) is 2.63. The SMILES string of the molecule is CC(C)(C)C(=O)OCC1=C[C@@H]2[C@H]3C[C@H]4[C@@H]2[C@H]4[C@@H]13. The van der Waals surface area contributed by atoms with Gasteiger partial charge in [0.25, 0.3) is 0 Å². The van der Waals surface area contributed by atoms with E-state index < -0.39 is 0 Å². The molecule has 0 unspecified atom stereocenters. The molecular weight excluding hydrogens is 212 g/mol. The molecule has 5 aliphatic carbocycles. The van der Waals surface area contributed by atoms with Crippen LogP contribution in [0.2, 0.25) is 0 Å². The van der Waals surface area contributed by atoms with Gasteiger partial charge >= 0.3 is 5.97 Å². The molecule has 5 rings (SSSR count). The van der Waals surface area contributed by atoms with Gasteiger partial charge in [-0.3, -0.25) is 4.79 Å². The lowest BCUT2D eigenvalue weighted by Crippen LogP contribution is -2.24. The quantitative estimate of drug-likeness (QED) is 0.540. The average molecular weight is 232 g/mol. The van der Waals surface area contributed by atoms with Gasteiger partial charge in [-0.1, -0.05) is 6.08 Å². The van der Waals surface area contributed by atoms with Gasteiger partial charge in [0.1, 0.15) is 6.61 Å². The molecule has 0 radical (unpaired) electrons. The highest BCUT2D eigenvalue weighted by molar-refractivity contribution is 5.75. The summed E-state index contributed by atoms with van der Waals surface area (Å²) in [6, 6.07) is 0. The van der Waals surface area contributed by atoms with E-state index in [1.165, 1.54) is 12.0 Å². The lowest BCUT2D eigenvalue weighted by atomic mass is 9.94. The summed E-state index contributed by atoms with van der Waals surface area (Å²) in [6.07, 6.45) is 3.90. The van der Waals surface area contributed by atoms with Crippen molar-refractivity contribution in [1.82, 2.24) is 0 Å². The van der Waals surface area contributed by atoms with Gasteiger partial charge in [0.15, 0.2) is 0 Å². The maximum Gasteiger partial charge on any atom is 0.311 e. The van der Waals surface area contributed by atoms with Gasteiger partial charge in [0, 0.05) is 0 Å². The van der Waals surface area contributed by atoms with Gasteiger partial charge in [-0.15, -0.1) is 0 Å². The van der Waals surface area contributed by atoms with E-state index in [1.807, 2.05) is 20.8 Å². The zero-order valence-electron chi connectivity index (χ0n) is 10.8. The monoisotopic (exact) mass is 232 g/mol. The molecule has 0 aromatic heterocycles. The second-order valence-corrected chi connectivity index (χ2v) is 7.39. The van der Waals surface area contributed by atoms with Crippen molar-refractivity contribution in [2.45, 2.75) is 27.2 Å². The molecule has 0 aliphatic heterocycles. The smallest absolute Gasteiger partial charge is 0.311 e. The summed E-state index contributed by atoms with van der Waals surface area (Å²) in [6.45, 7) is 6.30. The third kappa shape index (κ3) is 1.14. The van der Waals surface area contributed by atoms with Crippen molar-refractivity contribution in [3.8, 4) is 0 Å². The van der Waals surface area contributed by atoms with E-state index in [4.69, 9.17) is 4.74 Å². The fraction of sp³-hybridized carbons (Fsp3) is 0.800. The largest absolute Gasteiger partial charge is 0.461 e. The number of hydrogen-bond acceptors (Lipinski definition) is 2. The number of ether oxygens (including phenoxy) is 1. The Bertz CT molecular complexity index is 429. The maximum absolute atomic E-state index is 11.8. The molecular formula is C15H20O2. The number of esters is 1. The first-order valence-corrected chi connectivity index (χ1v) is 6.86. The molecule has 6 atom stereocenters. The van der Waals surface area contributed by atoms with Gasteiger partial charge in [-0.2, -0.15) is 0 Å². The first kappa shape index (κ1) is 10.2. The standard InChI is InChI=1S/C15H20O2/c1-15(2,3)14(16)17-6-7-4-8-9-5-10-12(8)13(10)11(7)9/h4,8-13H,5-6H2,1-3H3/t8-,9-,10+,11+,12-,13-/m1/s1. The van der Waals surface area contributed by atoms with Gasteiger partial charge in [-0.25, -0.2) is 0 Å². The fourth-order valence-electron chi connectivity index (χ4n) is 4.84. The van der Waals surface area contributed by atoms with Gasteiger partial charge in [-0.05, 0) is 68.3 Å². The number of rotatable bonds is 2. The molecule has 0 spiro atoms. The van der Waals surface area contributed by atoms with E-state index in [-0.39, 0.29) is 11.4 Å². The Hall–Kier alpha value is -0.790. The molecule has 2 heteroatoms. The van der Waals surface area contributed by atoms with E-state index in [1.54, 1.807) is 0 Å². The van der Waals surface area contributed by atoms with Crippen LogP contribution in [0.15, 0.2) is 11.6 Å². The van der Waals surface area contributed by atoms with Crippen LogP contribution in [0.3, 0.4) is 0 Å². The first-order valence-electron chi connectivity index (χ1n) is 6.86. The van der Waals surface area contributed by atoms with Crippen LogP contribution in [0.1, 0.15) is 27.2 Å². The van der Waals surface area contributed by atoms with Crippen LogP contribution >= 0.6 is 0 Å². The Balaban J connectivity index is 1.43. The molecule has 0 aromatic carbocycles. The van der Waals surface area contributed by atoms with E-state index in [0.29, 0.717) is 6.61 Å². The summed E-state index contributed by atoms with van der Waals surface area (Å²) < 4.78 is 5.47. The van der Waals surface area contributed by atoms with Crippen LogP contribution in [0.5, 0.6) is 0 Å². The van der Waals surface area contributed by atoms with Gasteiger partial charge in [0.05, 0.1) is 5.41 Å². The number of allylic oxidation sites excluding steroid dienone is 1. The molecule has 5 aliphatic rings. The topological polar surface area (TPSA) is 26.3 Å². The molecule has 4 fully saturated rings. The summed E-state index contributed by atoms with van der Waals surface area (Å²) in [7, 11) is 0. The maximum atomic E-state index is 11.8. The Morgan fingerprint density at radius 3 is 2.65 bits per heavy atom. The minimum Gasteiger partial charge on any atom is -0.461 e. The molecule has 6 bridgehead atoms. The summed E-state index contributed by atoms with van der Waals surface area (Å²) in [5, 5.41) is 0. The lowest BCUT2D eigenvalue weighted by molar-refractivity contribution is -0.152. The first-order chi connectivity index (χ1) is 7.98.